The van der Waals surface area contributed by atoms with Gasteiger partial charge in [-0.15, -0.1) is 0 Å². The van der Waals surface area contributed by atoms with Gasteiger partial charge in [0.15, 0.2) is 0 Å². The van der Waals surface area contributed by atoms with Gasteiger partial charge in [-0.05, 0) is 49.6 Å². The summed E-state index contributed by atoms with van der Waals surface area (Å²) in [6, 6.07) is 10.1. The Hall–Kier alpha value is -0.860. The Morgan fingerprint density at radius 2 is 1.89 bits per heavy atom. The van der Waals surface area contributed by atoms with Crippen LogP contribution in [0.15, 0.2) is 30.3 Å². The molecule has 104 valence electrons. The molecule has 0 radical (unpaired) electrons. The van der Waals surface area contributed by atoms with Crippen LogP contribution >= 0.6 is 0 Å². The molecule has 2 aliphatic rings. The number of hydrogen-bond acceptors (Lipinski definition) is 2. The molecule has 2 bridgehead atoms. The summed E-state index contributed by atoms with van der Waals surface area (Å²) in [4.78, 5) is 2.58. The maximum atomic E-state index is 10.2. The van der Waals surface area contributed by atoms with E-state index in [2.05, 4.69) is 4.90 Å². The van der Waals surface area contributed by atoms with Gasteiger partial charge in [0.1, 0.15) is 0 Å². The summed E-state index contributed by atoms with van der Waals surface area (Å²) < 4.78 is 0. The van der Waals surface area contributed by atoms with E-state index in [-0.39, 0.29) is 6.10 Å². The van der Waals surface area contributed by atoms with E-state index in [4.69, 9.17) is 0 Å². The van der Waals surface area contributed by atoms with Gasteiger partial charge in [0.25, 0.3) is 0 Å². The molecule has 1 aliphatic carbocycles. The average molecular weight is 259 g/mol. The molecule has 3 rings (SSSR count). The summed E-state index contributed by atoms with van der Waals surface area (Å²) in [6.07, 6.45) is 6.28. The molecule has 1 aromatic carbocycles. The maximum absolute atomic E-state index is 10.2. The van der Waals surface area contributed by atoms with Crippen molar-refractivity contribution in [2.45, 2.75) is 38.2 Å². The van der Waals surface area contributed by atoms with Gasteiger partial charge < -0.3 is 10.0 Å². The summed E-state index contributed by atoms with van der Waals surface area (Å²) in [6.45, 7) is 3.54. The fraction of sp³-hybridized carbons (Fsp3) is 0.647. The molecular weight excluding hydrogens is 234 g/mol. The number of benzene rings is 1. The Bertz CT molecular complexity index is 392. The zero-order valence-electron chi connectivity index (χ0n) is 11.7. The van der Waals surface area contributed by atoms with Crippen molar-refractivity contribution in [3.05, 3.63) is 35.9 Å². The van der Waals surface area contributed by atoms with Gasteiger partial charge in [-0.1, -0.05) is 36.8 Å². The van der Waals surface area contributed by atoms with Crippen molar-refractivity contribution in [3.63, 3.8) is 0 Å². The first-order valence-electron chi connectivity index (χ1n) is 7.76. The van der Waals surface area contributed by atoms with E-state index in [9.17, 15) is 5.11 Å². The van der Waals surface area contributed by atoms with Crippen LogP contribution in [0.3, 0.4) is 0 Å². The molecule has 2 nitrogen and oxygen atoms in total. The summed E-state index contributed by atoms with van der Waals surface area (Å²) in [5.74, 6) is 1.93. The summed E-state index contributed by atoms with van der Waals surface area (Å²) in [5, 5.41) is 10.2. The van der Waals surface area contributed by atoms with Crippen LogP contribution < -0.4 is 0 Å². The highest BCUT2D eigenvalue weighted by atomic mass is 16.3. The maximum Gasteiger partial charge on any atom is 0.0802 e. The Morgan fingerprint density at radius 3 is 2.74 bits per heavy atom. The van der Waals surface area contributed by atoms with Crippen molar-refractivity contribution in [1.29, 1.82) is 0 Å². The lowest BCUT2D eigenvalue weighted by molar-refractivity contribution is 0.136. The molecule has 1 aliphatic heterocycles. The third kappa shape index (κ3) is 3.37. The lowest BCUT2D eigenvalue weighted by Crippen LogP contribution is -2.30. The van der Waals surface area contributed by atoms with Crippen LogP contribution in [0.1, 0.15) is 43.8 Å². The first kappa shape index (κ1) is 13.1. The minimum atomic E-state index is -0.304. The molecule has 0 aromatic heterocycles. The summed E-state index contributed by atoms with van der Waals surface area (Å²) in [7, 11) is 0. The molecule has 1 N–H and O–H groups in total. The number of nitrogens with zero attached hydrogens (tertiary/aromatic N) is 1. The molecule has 2 fully saturated rings. The van der Waals surface area contributed by atoms with Crippen molar-refractivity contribution in [1.82, 2.24) is 4.90 Å². The quantitative estimate of drug-likeness (QED) is 0.897. The molecule has 1 saturated heterocycles. The van der Waals surface area contributed by atoms with E-state index >= 15 is 0 Å². The van der Waals surface area contributed by atoms with Crippen molar-refractivity contribution >= 4 is 0 Å². The standard InChI is InChI=1S/C17H25NO/c19-17(16-4-2-1-3-5-16)9-11-18-10-8-14-6-7-15(12-14)13-18/h1-5,14-15,17,19H,6-13H2. The molecule has 3 atom stereocenters. The SMILES string of the molecule is OC(CCN1CCC2CCC(C2)C1)c1ccccc1. The van der Waals surface area contributed by atoms with Gasteiger partial charge in [0.05, 0.1) is 6.10 Å². The highest BCUT2D eigenvalue weighted by Crippen LogP contribution is 2.36. The third-order valence-electron chi connectivity index (χ3n) is 4.92. The van der Waals surface area contributed by atoms with Gasteiger partial charge in [0, 0.05) is 13.1 Å². The Morgan fingerprint density at radius 1 is 1.11 bits per heavy atom. The van der Waals surface area contributed by atoms with E-state index in [0.29, 0.717) is 0 Å². The normalized spacial score (nSPS) is 29.1. The lowest BCUT2D eigenvalue weighted by atomic mass is 10.0. The average Bonchev–Trinajstić information content (AvgIpc) is 2.78. The minimum Gasteiger partial charge on any atom is -0.388 e. The minimum absolute atomic E-state index is 0.304. The molecule has 1 heterocycles. The van der Waals surface area contributed by atoms with Crippen LogP contribution in [-0.4, -0.2) is 29.6 Å². The summed E-state index contributed by atoms with van der Waals surface area (Å²) in [5.41, 5.74) is 1.05. The van der Waals surface area contributed by atoms with Gasteiger partial charge >= 0.3 is 0 Å². The zero-order chi connectivity index (χ0) is 13.1. The van der Waals surface area contributed by atoms with Crippen LogP contribution in [-0.2, 0) is 0 Å². The highest BCUT2D eigenvalue weighted by molar-refractivity contribution is 5.17. The predicted octanol–water partition coefficient (Wildman–Crippen LogP) is 3.23. The Labute approximate surface area is 116 Å². The van der Waals surface area contributed by atoms with E-state index in [1.165, 1.54) is 38.8 Å². The Kier molecular flexibility index (Phi) is 4.19. The smallest absolute Gasteiger partial charge is 0.0802 e. The second-order valence-electron chi connectivity index (χ2n) is 6.35. The van der Waals surface area contributed by atoms with E-state index < -0.39 is 0 Å². The number of aliphatic hydroxyl groups is 1. The number of fused-ring (bicyclic) bond motifs is 2. The first-order chi connectivity index (χ1) is 9.31. The van der Waals surface area contributed by atoms with Gasteiger partial charge in [0.2, 0.25) is 0 Å². The third-order valence-corrected chi connectivity index (χ3v) is 4.92. The van der Waals surface area contributed by atoms with E-state index in [0.717, 1.165) is 30.4 Å². The monoisotopic (exact) mass is 259 g/mol. The van der Waals surface area contributed by atoms with Crippen LogP contribution in [0.4, 0.5) is 0 Å². The molecule has 3 unspecified atom stereocenters. The number of likely N-dealkylation sites (tertiary alicyclic amines) is 1. The van der Waals surface area contributed by atoms with Crippen LogP contribution in [0.2, 0.25) is 0 Å². The molecule has 0 spiro atoms. The lowest BCUT2D eigenvalue weighted by Gasteiger charge is -2.25. The van der Waals surface area contributed by atoms with Gasteiger partial charge in [-0.25, -0.2) is 0 Å². The number of rotatable bonds is 4. The molecule has 2 heteroatoms. The van der Waals surface area contributed by atoms with Gasteiger partial charge in [-0.3, -0.25) is 0 Å². The predicted molar refractivity (Wildman–Crippen MR) is 77.9 cm³/mol. The number of aliphatic hydroxyl groups excluding tert-OH is 1. The Balaban J connectivity index is 1.49. The zero-order valence-corrected chi connectivity index (χ0v) is 11.7. The molecular formula is C17H25NO. The van der Waals surface area contributed by atoms with E-state index in [1.807, 2.05) is 30.3 Å². The highest BCUT2D eigenvalue weighted by Gasteiger charge is 2.29. The number of hydrogen-bond donors (Lipinski definition) is 1. The second-order valence-corrected chi connectivity index (χ2v) is 6.35. The fourth-order valence-corrected chi connectivity index (χ4v) is 3.78. The molecule has 0 amide bonds. The largest absolute Gasteiger partial charge is 0.388 e. The van der Waals surface area contributed by atoms with E-state index in [1.54, 1.807) is 0 Å². The second kappa shape index (κ2) is 6.06. The van der Waals surface area contributed by atoms with Crippen LogP contribution in [0, 0.1) is 11.8 Å². The first-order valence-corrected chi connectivity index (χ1v) is 7.76. The fourth-order valence-electron chi connectivity index (χ4n) is 3.78. The van der Waals surface area contributed by atoms with Crippen molar-refractivity contribution < 1.29 is 5.11 Å². The summed E-state index contributed by atoms with van der Waals surface area (Å²) >= 11 is 0. The molecule has 1 aromatic rings. The van der Waals surface area contributed by atoms with Crippen molar-refractivity contribution in [2.75, 3.05) is 19.6 Å². The van der Waals surface area contributed by atoms with Gasteiger partial charge in [-0.2, -0.15) is 0 Å². The molecule has 1 saturated carbocycles. The van der Waals surface area contributed by atoms with Crippen molar-refractivity contribution in [2.24, 2.45) is 11.8 Å². The van der Waals surface area contributed by atoms with Crippen LogP contribution in [0.25, 0.3) is 0 Å². The molecule has 19 heavy (non-hydrogen) atoms. The van der Waals surface area contributed by atoms with Crippen molar-refractivity contribution in [3.8, 4) is 0 Å². The topological polar surface area (TPSA) is 23.5 Å². The van der Waals surface area contributed by atoms with Crippen LogP contribution in [0.5, 0.6) is 0 Å².